The number of carboxylic acid groups (broad SMARTS) is 1. The van der Waals surface area contributed by atoms with E-state index in [0.717, 1.165) is 16.2 Å². The third-order valence-electron chi connectivity index (χ3n) is 2.84. The lowest BCUT2D eigenvalue weighted by Crippen LogP contribution is -2.05. The van der Waals surface area contributed by atoms with Crippen molar-refractivity contribution in [2.45, 2.75) is 26.9 Å². The first kappa shape index (κ1) is 14.4. The first-order valence-electron chi connectivity index (χ1n) is 6.29. The lowest BCUT2D eigenvalue weighted by Gasteiger charge is -2.10. The molecule has 20 heavy (non-hydrogen) atoms. The highest BCUT2D eigenvalue weighted by atomic mass is 32.1. The van der Waals surface area contributed by atoms with Gasteiger partial charge in [-0.05, 0) is 38.5 Å². The van der Waals surface area contributed by atoms with Crippen LogP contribution >= 0.6 is 11.3 Å². The Labute approximate surface area is 121 Å². The van der Waals surface area contributed by atoms with Crippen molar-refractivity contribution in [3.63, 3.8) is 0 Å². The van der Waals surface area contributed by atoms with Crippen LogP contribution in [0.4, 0.5) is 5.00 Å². The van der Waals surface area contributed by atoms with Crippen LogP contribution in [0.2, 0.25) is 0 Å². The molecule has 0 atom stereocenters. The van der Waals surface area contributed by atoms with Gasteiger partial charge in [-0.25, -0.2) is 4.79 Å². The maximum atomic E-state index is 11.3. The van der Waals surface area contributed by atoms with Crippen LogP contribution < -0.4 is 10.5 Å². The van der Waals surface area contributed by atoms with E-state index in [1.165, 1.54) is 11.3 Å². The molecule has 2 aromatic rings. The number of thiophene rings is 1. The van der Waals surface area contributed by atoms with Crippen LogP contribution in [0.25, 0.3) is 11.1 Å². The van der Waals surface area contributed by atoms with Crippen LogP contribution in [0, 0.1) is 6.92 Å². The SMILES string of the molecule is Cc1sc(N)c(C(=O)O)c1-c1ccc(OC(C)C)cc1. The van der Waals surface area contributed by atoms with E-state index in [4.69, 9.17) is 10.5 Å². The Bertz CT molecular complexity index is 629. The molecule has 106 valence electrons. The Hall–Kier alpha value is -2.01. The maximum absolute atomic E-state index is 11.3. The zero-order valence-electron chi connectivity index (χ0n) is 11.6. The molecule has 0 saturated carbocycles. The molecule has 0 radical (unpaired) electrons. The highest BCUT2D eigenvalue weighted by Crippen LogP contribution is 2.38. The van der Waals surface area contributed by atoms with Gasteiger partial charge in [-0.1, -0.05) is 12.1 Å². The fourth-order valence-electron chi connectivity index (χ4n) is 2.10. The van der Waals surface area contributed by atoms with E-state index in [1.807, 2.05) is 45.0 Å². The summed E-state index contributed by atoms with van der Waals surface area (Å²) in [6.07, 6.45) is 0.106. The lowest BCUT2D eigenvalue weighted by molar-refractivity contribution is 0.0699. The number of nitrogens with two attached hydrogens (primary N) is 1. The van der Waals surface area contributed by atoms with Crippen LogP contribution in [-0.4, -0.2) is 17.2 Å². The predicted molar refractivity (Wildman–Crippen MR) is 81.6 cm³/mol. The van der Waals surface area contributed by atoms with Crippen molar-refractivity contribution >= 4 is 22.3 Å². The number of hydrogen-bond donors (Lipinski definition) is 2. The summed E-state index contributed by atoms with van der Waals surface area (Å²) in [5.74, 6) is -0.231. The van der Waals surface area contributed by atoms with E-state index < -0.39 is 5.97 Å². The Balaban J connectivity index is 2.44. The molecule has 0 unspecified atom stereocenters. The van der Waals surface area contributed by atoms with Gasteiger partial charge in [0.05, 0.1) is 6.10 Å². The molecular weight excluding hydrogens is 274 g/mol. The number of carbonyl (C=O) groups is 1. The number of aromatic carboxylic acids is 1. The molecular formula is C15H17NO3S. The number of hydrogen-bond acceptors (Lipinski definition) is 4. The molecule has 3 N–H and O–H groups in total. The number of benzene rings is 1. The molecule has 1 heterocycles. The normalized spacial score (nSPS) is 10.8. The smallest absolute Gasteiger partial charge is 0.339 e. The Morgan fingerprint density at radius 2 is 1.90 bits per heavy atom. The van der Waals surface area contributed by atoms with Gasteiger partial charge < -0.3 is 15.6 Å². The molecule has 0 aliphatic heterocycles. The van der Waals surface area contributed by atoms with Gasteiger partial charge in [-0.3, -0.25) is 0 Å². The maximum Gasteiger partial charge on any atom is 0.339 e. The van der Waals surface area contributed by atoms with Crippen LogP contribution in [-0.2, 0) is 0 Å². The molecule has 0 fully saturated rings. The minimum atomic E-state index is -0.996. The topological polar surface area (TPSA) is 72.6 Å². The molecule has 1 aromatic heterocycles. The van der Waals surface area contributed by atoms with Gasteiger partial charge in [0.25, 0.3) is 0 Å². The molecule has 0 saturated heterocycles. The third-order valence-corrected chi connectivity index (χ3v) is 3.77. The number of ether oxygens (including phenoxy) is 1. The third kappa shape index (κ3) is 2.77. The first-order chi connectivity index (χ1) is 9.40. The summed E-state index contributed by atoms with van der Waals surface area (Å²) in [7, 11) is 0. The largest absolute Gasteiger partial charge is 0.491 e. The van der Waals surface area contributed by atoms with E-state index in [0.29, 0.717) is 10.6 Å². The fraction of sp³-hybridized carbons (Fsp3) is 0.267. The number of aryl methyl sites for hydroxylation is 1. The number of rotatable bonds is 4. The van der Waals surface area contributed by atoms with E-state index >= 15 is 0 Å². The monoisotopic (exact) mass is 291 g/mol. The average Bonchev–Trinajstić information content (AvgIpc) is 2.64. The summed E-state index contributed by atoms with van der Waals surface area (Å²) in [5.41, 5.74) is 7.50. The Morgan fingerprint density at radius 1 is 1.30 bits per heavy atom. The molecule has 0 bridgehead atoms. The number of carboxylic acids is 1. The minimum absolute atomic E-state index is 0.106. The second kappa shape index (κ2) is 5.54. The second-order valence-electron chi connectivity index (χ2n) is 4.77. The van der Waals surface area contributed by atoms with Crippen molar-refractivity contribution in [2.75, 3.05) is 5.73 Å². The van der Waals surface area contributed by atoms with E-state index in [9.17, 15) is 9.90 Å². The summed E-state index contributed by atoms with van der Waals surface area (Å²) in [5, 5.41) is 9.64. The quantitative estimate of drug-likeness (QED) is 0.899. The summed E-state index contributed by atoms with van der Waals surface area (Å²) < 4.78 is 5.58. The summed E-state index contributed by atoms with van der Waals surface area (Å²) in [6.45, 7) is 5.79. The van der Waals surface area contributed by atoms with E-state index in [-0.39, 0.29) is 11.7 Å². The van der Waals surface area contributed by atoms with Crippen LogP contribution in [0.5, 0.6) is 5.75 Å². The molecule has 0 aliphatic rings. The van der Waals surface area contributed by atoms with Crippen molar-refractivity contribution in [3.05, 3.63) is 34.7 Å². The van der Waals surface area contributed by atoms with Gasteiger partial charge in [0.15, 0.2) is 0 Å². The summed E-state index contributed by atoms with van der Waals surface area (Å²) in [6, 6.07) is 7.40. The van der Waals surface area contributed by atoms with Crippen molar-refractivity contribution in [1.29, 1.82) is 0 Å². The minimum Gasteiger partial charge on any atom is -0.491 e. The average molecular weight is 291 g/mol. The Kier molecular flexibility index (Phi) is 3.99. The molecule has 0 aliphatic carbocycles. The van der Waals surface area contributed by atoms with Crippen LogP contribution in [0.15, 0.2) is 24.3 Å². The molecule has 0 amide bonds. The number of nitrogen functional groups attached to an aromatic ring is 1. The number of anilines is 1. The van der Waals surface area contributed by atoms with Gasteiger partial charge in [-0.2, -0.15) is 0 Å². The van der Waals surface area contributed by atoms with Crippen LogP contribution in [0.1, 0.15) is 29.1 Å². The zero-order chi connectivity index (χ0) is 14.9. The summed E-state index contributed by atoms with van der Waals surface area (Å²) >= 11 is 1.30. The van der Waals surface area contributed by atoms with Gasteiger partial charge in [0.2, 0.25) is 0 Å². The van der Waals surface area contributed by atoms with E-state index in [1.54, 1.807) is 0 Å². The van der Waals surface area contributed by atoms with Gasteiger partial charge >= 0.3 is 5.97 Å². The van der Waals surface area contributed by atoms with Crippen LogP contribution in [0.3, 0.4) is 0 Å². The van der Waals surface area contributed by atoms with Crippen molar-refractivity contribution in [2.24, 2.45) is 0 Å². The van der Waals surface area contributed by atoms with Gasteiger partial charge in [0, 0.05) is 10.4 Å². The zero-order valence-corrected chi connectivity index (χ0v) is 12.5. The van der Waals surface area contributed by atoms with E-state index in [2.05, 4.69) is 0 Å². The highest BCUT2D eigenvalue weighted by Gasteiger charge is 2.21. The van der Waals surface area contributed by atoms with Crippen molar-refractivity contribution in [1.82, 2.24) is 0 Å². The second-order valence-corrected chi connectivity index (χ2v) is 6.02. The van der Waals surface area contributed by atoms with Gasteiger partial charge in [0.1, 0.15) is 16.3 Å². The summed E-state index contributed by atoms with van der Waals surface area (Å²) in [4.78, 5) is 12.2. The molecule has 4 nitrogen and oxygen atoms in total. The van der Waals surface area contributed by atoms with Gasteiger partial charge in [-0.15, -0.1) is 11.3 Å². The Morgan fingerprint density at radius 3 is 2.40 bits per heavy atom. The molecule has 0 spiro atoms. The highest BCUT2D eigenvalue weighted by molar-refractivity contribution is 7.16. The standard InChI is InChI=1S/C15H17NO3S/c1-8(2)19-11-6-4-10(5-7-11)12-9(3)20-14(16)13(12)15(17)18/h4-8H,16H2,1-3H3,(H,17,18). The first-order valence-corrected chi connectivity index (χ1v) is 7.11. The molecule has 1 aromatic carbocycles. The molecule has 5 heteroatoms. The fourth-order valence-corrected chi connectivity index (χ4v) is 3.04. The van der Waals surface area contributed by atoms with Crippen molar-refractivity contribution < 1.29 is 14.6 Å². The molecule has 2 rings (SSSR count). The van der Waals surface area contributed by atoms with Crippen molar-refractivity contribution in [3.8, 4) is 16.9 Å². The predicted octanol–water partition coefficient (Wildman–Crippen LogP) is 3.79. The lowest BCUT2D eigenvalue weighted by atomic mass is 10.0.